The maximum Gasteiger partial charge on any atom is 0.258 e. The fourth-order valence-electron chi connectivity index (χ4n) is 1.92. The van der Waals surface area contributed by atoms with Gasteiger partial charge in [-0.2, -0.15) is 0 Å². The van der Waals surface area contributed by atoms with Crippen LogP contribution in [0.2, 0.25) is 10.0 Å². The zero-order valence-electron chi connectivity index (χ0n) is 13.9. The van der Waals surface area contributed by atoms with Crippen molar-refractivity contribution in [3.63, 3.8) is 0 Å². The lowest BCUT2D eigenvalue weighted by Crippen LogP contribution is -2.29. The normalized spacial score (nSPS) is 9.65. The van der Waals surface area contributed by atoms with Gasteiger partial charge in [0.05, 0.1) is 11.6 Å². The minimum absolute atomic E-state index is 0.131. The van der Waals surface area contributed by atoms with E-state index < -0.39 is 0 Å². The van der Waals surface area contributed by atoms with E-state index in [0.29, 0.717) is 21.5 Å². The highest BCUT2D eigenvalue weighted by molar-refractivity contribution is 6.35. The predicted molar refractivity (Wildman–Crippen MR) is 103 cm³/mol. The third-order valence-corrected chi connectivity index (χ3v) is 3.60. The molecule has 0 aromatic heterocycles. The molecule has 0 radical (unpaired) electrons. The van der Waals surface area contributed by atoms with Gasteiger partial charge in [0.15, 0.2) is 6.61 Å². The highest BCUT2D eigenvalue weighted by Gasteiger charge is 2.05. The molecule has 0 bridgehead atoms. The average molecular weight is 391 g/mol. The van der Waals surface area contributed by atoms with Gasteiger partial charge < -0.3 is 15.4 Å². The molecule has 5 nitrogen and oxygen atoms in total. The molecule has 2 rings (SSSR count). The summed E-state index contributed by atoms with van der Waals surface area (Å²) in [7, 11) is 0. The minimum atomic E-state index is -0.314. The van der Waals surface area contributed by atoms with Crippen LogP contribution in [0.1, 0.15) is 12.5 Å². The largest absolute Gasteiger partial charge is 0.482 e. The van der Waals surface area contributed by atoms with Crippen LogP contribution in [-0.2, 0) is 9.59 Å². The first-order valence-electron chi connectivity index (χ1n) is 7.65. The monoisotopic (exact) mass is 390 g/mol. The molecule has 0 saturated carbocycles. The number of ether oxygens (including phenoxy) is 1. The average Bonchev–Trinajstić information content (AvgIpc) is 2.59. The van der Waals surface area contributed by atoms with Crippen LogP contribution in [0.5, 0.6) is 5.75 Å². The Kier molecular flexibility index (Phi) is 7.34. The number of carbonyl (C=O) groups excluding carboxylic acids is 2. The van der Waals surface area contributed by atoms with Crippen molar-refractivity contribution in [3.05, 3.63) is 58.1 Å². The Balaban J connectivity index is 1.76. The number of hydrogen-bond acceptors (Lipinski definition) is 3. The van der Waals surface area contributed by atoms with Crippen LogP contribution in [0.4, 0.5) is 5.69 Å². The standard InChI is InChI=1S/C19H16Cl2N2O3/c1-13(24)23-16-7-4-14(5-8-16)3-2-10-22-19(25)12-26-18-9-6-15(20)11-17(18)21/h4-9,11H,10,12H2,1H3,(H,22,25)(H,23,24). The SMILES string of the molecule is CC(=O)Nc1ccc(C#CCNC(=O)COc2ccc(Cl)cc2Cl)cc1. The molecule has 2 N–H and O–H groups in total. The lowest BCUT2D eigenvalue weighted by molar-refractivity contribution is -0.122. The Bertz CT molecular complexity index is 855. The molecule has 0 unspecified atom stereocenters. The van der Waals surface area contributed by atoms with Gasteiger partial charge in [-0.15, -0.1) is 0 Å². The maximum absolute atomic E-state index is 11.7. The molecule has 0 spiro atoms. The fourth-order valence-corrected chi connectivity index (χ4v) is 2.38. The van der Waals surface area contributed by atoms with Crippen molar-refractivity contribution >= 4 is 40.7 Å². The molecule has 7 heteroatoms. The van der Waals surface area contributed by atoms with Crippen molar-refractivity contribution in [1.82, 2.24) is 5.32 Å². The van der Waals surface area contributed by atoms with Gasteiger partial charge in [-0.3, -0.25) is 9.59 Å². The van der Waals surface area contributed by atoms with E-state index in [1.807, 2.05) is 0 Å². The number of nitrogens with one attached hydrogen (secondary N) is 2. The third-order valence-electron chi connectivity index (χ3n) is 3.06. The molecule has 0 saturated heterocycles. The second kappa shape index (κ2) is 9.71. The molecule has 0 aliphatic heterocycles. The van der Waals surface area contributed by atoms with Gasteiger partial charge in [-0.05, 0) is 42.5 Å². The molecule has 26 heavy (non-hydrogen) atoms. The van der Waals surface area contributed by atoms with Gasteiger partial charge >= 0.3 is 0 Å². The number of anilines is 1. The molecular formula is C19H16Cl2N2O3. The van der Waals surface area contributed by atoms with E-state index >= 15 is 0 Å². The Hall–Kier alpha value is -2.68. The van der Waals surface area contributed by atoms with Gasteiger partial charge in [-0.1, -0.05) is 35.0 Å². The second-order valence-corrected chi connectivity index (χ2v) is 6.04. The quantitative estimate of drug-likeness (QED) is 0.767. The maximum atomic E-state index is 11.7. The summed E-state index contributed by atoms with van der Waals surface area (Å²) >= 11 is 11.8. The Morgan fingerprint density at radius 3 is 2.50 bits per heavy atom. The smallest absolute Gasteiger partial charge is 0.258 e. The number of hydrogen-bond donors (Lipinski definition) is 2. The molecule has 2 aromatic carbocycles. The third kappa shape index (κ3) is 6.67. The van der Waals surface area contributed by atoms with Gasteiger partial charge in [0.2, 0.25) is 5.91 Å². The molecule has 134 valence electrons. The van der Waals surface area contributed by atoms with Crippen molar-refractivity contribution < 1.29 is 14.3 Å². The molecule has 0 aliphatic carbocycles. The molecule has 0 heterocycles. The molecular weight excluding hydrogens is 375 g/mol. The summed E-state index contributed by atoms with van der Waals surface area (Å²) in [6.45, 7) is 1.46. The lowest BCUT2D eigenvalue weighted by atomic mass is 10.2. The Morgan fingerprint density at radius 1 is 1.12 bits per heavy atom. The van der Waals surface area contributed by atoms with Gasteiger partial charge in [-0.25, -0.2) is 0 Å². The molecule has 2 aromatic rings. The van der Waals surface area contributed by atoms with Crippen LogP contribution in [0.15, 0.2) is 42.5 Å². The minimum Gasteiger partial charge on any atom is -0.482 e. The summed E-state index contributed by atoms with van der Waals surface area (Å²) in [5.74, 6) is 5.70. The van der Waals surface area contributed by atoms with Gasteiger partial charge in [0.25, 0.3) is 5.91 Å². The molecule has 0 atom stereocenters. The zero-order chi connectivity index (χ0) is 18.9. The highest BCUT2D eigenvalue weighted by Crippen LogP contribution is 2.27. The fraction of sp³-hybridized carbons (Fsp3) is 0.158. The molecule has 0 aliphatic rings. The first-order chi connectivity index (χ1) is 12.4. The molecule has 2 amide bonds. The second-order valence-electron chi connectivity index (χ2n) is 5.20. The van der Waals surface area contributed by atoms with Crippen LogP contribution < -0.4 is 15.4 Å². The van der Waals surface area contributed by atoms with Gasteiger partial charge in [0, 0.05) is 23.2 Å². The number of halogens is 2. The van der Waals surface area contributed by atoms with Crippen molar-refractivity contribution in [3.8, 4) is 17.6 Å². The Morgan fingerprint density at radius 2 is 1.85 bits per heavy atom. The van der Waals surface area contributed by atoms with Crippen molar-refractivity contribution in [2.45, 2.75) is 6.92 Å². The zero-order valence-corrected chi connectivity index (χ0v) is 15.4. The van der Waals surface area contributed by atoms with E-state index in [0.717, 1.165) is 5.56 Å². The summed E-state index contributed by atoms with van der Waals surface area (Å²) in [6.07, 6.45) is 0. The van der Waals surface area contributed by atoms with Crippen molar-refractivity contribution in [2.24, 2.45) is 0 Å². The van der Waals surface area contributed by atoms with E-state index in [4.69, 9.17) is 27.9 Å². The van der Waals surface area contributed by atoms with E-state index in [-0.39, 0.29) is 25.0 Å². The highest BCUT2D eigenvalue weighted by atomic mass is 35.5. The number of carbonyl (C=O) groups is 2. The van der Waals surface area contributed by atoms with Crippen LogP contribution in [0.25, 0.3) is 0 Å². The van der Waals surface area contributed by atoms with Crippen molar-refractivity contribution in [2.75, 3.05) is 18.5 Å². The summed E-state index contributed by atoms with van der Waals surface area (Å²) in [5, 5.41) is 6.14. The van der Waals surface area contributed by atoms with E-state index in [2.05, 4.69) is 22.5 Å². The number of rotatable bonds is 5. The predicted octanol–water partition coefficient (Wildman–Crippen LogP) is 3.50. The Labute approximate surface area is 161 Å². The summed E-state index contributed by atoms with van der Waals surface area (Å²) in [6, 6.07) is 11.9. The topological polar surface area (TPSA) is 67.4 Å². The van der Waals surface area contributed by atoms with E-state index in [1.165, 1.54) is 6.92 Å². The van der Waals surface area contributed by atoms with Crippen LogP contribution in [0.3, 0.4) is 0 Å². The van der Waals surface area contributed by atoms with Crippen LogP contribution in [-0.4, -0.2) is 25.0 Å². The molecule has 0 fully saturated rings. The van der Waals surface area contributed by atoms with Crippen LogP contribution >= 0.6 is 23.2 Å². The number of benzene rings is 2. The van der Waals surface area contributed by atoms with Gasteiger partial charge in [0.1, 0.15) is 5.75 Å². The van der Waals surface area contributed by atoms with Crippen molar-refractivity contribution in [1.29, 1.82) is 0 Å². The van der Waals surface area contributed by atoms with Crippen LogP contribution in [0, 0.1) is 11.8 Å². The first-order valence-corrected chi connectivity index (χ1v) is 8.41. The number of amides is 2. The van der Waals surface area contributed by atoms with E-state index in [9.17, 15) is 9.59 Å². The van der Waals surface area contributed by atoms with E-state index in [1.54, 1.807) is 42.5 Å². The lowest BCUT2D eigenvalue weighted by Gasteiger charge is -2.07. The summed E-state index contributed by atoms with van der Waals surface area (Å²) < 4.78 is 5.33. The first kappa shape index (κ1) is 19.6. The summed E-state index contributed by atoms with van der Waals surface area (Å²) in [5.41, 5.74) is 1.48. The summed E-state index contributed by atoms with van der Waals surface area (Å²) in [4.78, 5) is 22.7.